The molecule has 3 fully saturated rings. The highest BCUT2D eigenvalue weighted by Gasteiger charge is 2.44. The van der Waals surface area contributed by atoms with E-state index in [0.29, 0.717) is 25.6 Å². The minimum atomic E-state index is -3.28. The molecule has 5 nitrogen and oxygen atoms in total. The van der Waals surface area contributed by atoms with E-state index < -0.39 is 10.2 Å². The zero-order valence-corrected chi connectivity index (χ0v) is 12.9. The Hall–Kier alpha value is -0.170. The van der Waals surface area contributed by atoms with Gasteiger partial charge in [-0.15, -0.1) is 0 Å². The molecule has 2 saturated heterocycles. The Morgan fingerprint density at radius 1 is 0.950 bits per heavy atom. The number of fused-ring (bicyclic) bond motifs is 1. The summed E-state index contributed by atoms with van der Waals surface area (Å²) in [7, 11) is -3.28. The van der Waals surface area contributed by atoms with Crippen LogP contribution in [0.5, 0.6) is 0 Å². The Labute approximate surface area is 122 Å². The molecule has 1 aliphatic carbocycles. The van der Waals surface area contributed by atoms with E-state index in [-0.39, 0.29) is 18.6 Å². The van der Waals surface area contributed by atoms with Crippen molar-refractivity contribution < 1.29 is 13.5 Å². The van der Waals surface area contributed by atoms with Gasteiger partial charge in [0, 0.05) is 32.3 Å². The Bertz CT molecular complexity index is 432. The van der Waals surface area contributed by atoms with Crippen molar-refractivity contribution in [3.63, 3.8) is 0 Å². The van der Waals surface area contributed by atoms with Gasteiger partial charge in [0.2, 0.25) is 0 Å². The third-order valence-electron chi connectivity index (χ3n) is 5.41. The smallest absolute Gasteiger partial charge is 0.282 e. The fourth-order valence-electron chi connectivity index (χ4n) is 4.12. The zero-order chi connectivity index (χ0) is 14.2. The molecule has 1 N–H and O–H groups in total. The van der Waals surface area contributed by atoms with E-state index >= 15 is 0 Å². The highest BCUT2D eigenvalue weighted by atomic mass is 32.2. The van der Waals surface area contributed by atoms with E-state index in [4.69, 9.17) is 5.11 Å². The normalized spacial score (nSPS) is 34.2. The van der Waals surface area contributed by atoms with Crippen LogP contribution in [0.3, 0.4) is 0 Å². The van der Waals surface area contributed by atoms with Crippen LogP contribution in [0.1, 0.15) is 44.9 Å². The van der Waals surface area contributed by atoms with E-state index in [9.17, 15) is 8.42 Å². The van der Waals surface area contributed by atoms with Gasteiger partial charge in [0.15, 0.2) is 0 Å². The first-order valence-corrected chi connectivity index (χ1v) is 9.40. The first-order valence-electron chi connectivity index (χ1n) is 8.00. The number of nitrogens with zero attached hydrogens (tertiary/aromatic N) is 2. The first kappa shape index (κ1) is 14.8. The third kappa shape index (κ3) is 2.63. The van der Waals surface area contributed by atoms with Crippen molar-refractivity contribution in [3.8, 4) is 0 Å². The summed E-state index contributed by atoms with van der Waals surface area (Å²) in [5.74, 6) is 0.871. The van der Waals surface area contributed by atoms with Gasteiger partial charge in [-0.05, 0) is 43.9 Å². The van der Waals surface area contributed by atoms with E-state index in [1.807, 2.05) is 0 Å². The van der Waals surface area contributed by atoms with Crippen LogP contribution >= 0.6 is 0 Å². The van der Waals surface area contributed by atoms with Gasteiger partial charge in [0.1, 0.15) is 0 Å². The highest BCUT2D eigenvalue weighted by Crippen LogP contribution is 2.38. The van der Waals surface area contributed by atoms with Crippen LogP contribution in [0.25, 0.3) is 0 Å². The molecule has 2 atom stereocenters. The number of hydrogen-bond donors (Lipinski definition) is 1. The summed E-state index contributed by atoms with van der Waals surface area (Å²) in [6.45, 7) is 2.03. The van der Waals surface area contributed by atoms with Crippen molar-refractivity contribution in [2.24, 2.45) is 11.8 Å². The molecule has 0 aromatic heterocycles. The Morgan fingerprint density at radius 2 is 1.65 bits per heavy atom. The van der Waals surface area contributed by atoms with Crippen molar-refractivity contribution in [1.82, 2.24) is 8.61 Å². The van der Waals surface area contributed by atoms with Crippen molar-refractivity contribution in [2.45, 2.75) is 51.0 Å². The summed E-state index contributed by atoms with van der Waals surface area (Å²) in [6.07, 6.45) is 7.28. The maximum absolute atomic E-state index is 12.8. The summed E-state index contributed by atoms with van der Waals surface area (Å²) in [5, 5.41) is 9.17. The van der Waals surface area contributed by atoms with E-state index in [1.54, 1.807) is 8.61 Å². The molecule has 3 rings (SSSR count). The van der Waals surface area contributed by atoms with Crippen LogP contribution < -0.4 is 0 Å². The highest BCUT2D eigenvalue weighted by molar-refractivity contribution is 7.86. The van der Waals surface area contributed by atoms with Crippen molar-refractivity contribution in [2.75, 3.05) is 26.2 Å². The molecule has 2 aliphatic heterocycles. The molecule has 2 heterocycles. The quantitative estimate of drug-likeness (QED) is 0.852. The largest absolute Gasteiger partial charge is 0.396 e. The van der Waals surface area contributed by atoms with E-state index in [0.717, 1.165) is 25.7 Å². The number of piperidine rings is 1. The van der Waals surface area contributed by atoms with E-state index in [1.165, 1.54) is 19.3 Å². The van der Waals surface area contributed by atoms with Gasteiger partial charge in [-0.25, -0.2) is 0 Å². The van der Waals surface area contributed by atoms with Gasteiger partial charge in [-0.1, -0.05) is 12.8 Å². The molecule has 2 unspecified atom stereocenters. The first-order chi connectivity index (χ1) is 9.63. The average molecular weight is 302 g/mol. The van der Waals surface area contributed by atoms with Crippen LogP contribution in [0.15, 0.2) is 0 Å². The maximum atomic E-state index is 12.8. The van der Waals surface area contributed by atoms with E-state index in [2.05, 4.69) is 0 Å². The summed E-state index contributed by atoms with van der Waals surface area (Å²) >= 11 is 0. The summed E-state index contributed by atoms with van der Waals surface area (Å²) in [4.78, 5) is 0. The Balaban J connectivity index is 1.69. The molecule has 0 radical (unpaired) electrons. The van der Waals surface area contributed by atoms with Crippen LogP contribution in [0, 0.1) is 11.8 Å². The Morgan fingerprint density at radius 3 is 2.35 bits per heavy atom. The summed E-state index contributed by atoms with van der Waals surface area (Å²) in [6, 6.07) is 0.254. The molecule has 20 heavy (non-hydrogen) atoms. The van der Waals surface area contributed by atoms with Crippen molar-refractivity contribution >= 4 is 10.2 Å². The lowest BCUT2D eigenvalue weighted by molar-refractivity contribution is 0.163. The van der Waals surface area contributed by atoms with Gasteiger partial charge < -0.3 is 5.11 Å². The summed E-state index contributed by atoms with van der Waals surface area (Å²) in [5.41, 5.74) is 0. The van der Waals surface area contributed by atoms with Crippen LogP contribution in [0.2, 0.25) is 0 Å². The molecular weight excluding hydrogens is 276 g/mol. The number of aliphatic hydroxyl groups is 1. The molecular formula is C14H26N2O3S. The molecule has 0 amide bonds. The fraction of sp³-hybridized carbons (Fsp3) is 1.00. The predicted molar refractivity (Wildman–Crippen MR) is 77.4 cm³/mol. The average Bonchev–Trinajstić information content (AvgIpc) is 2.92. The molecule has 6 heteroatoms. The monoisotopic (exact) mass is 302 g/mol. The molecule has 0 bridgehead atoms. The SMILES string of the molecule is O=S(=O)(N1CCC(CO)CC1)N1CCC2CCCCC21. The molecule has 116 valence electrons. The summed E-state index contributed by atoms with van der Waals surface area (Å²) < 4.78 is 29.1. The Kier molecular flexibility index (Phi) is 4.36. The minimum absolute atomic E-state index is 0.183. The van der Waals surface area contributed by atoms with Gasteiger partial charge in [0.25, 0.3) is 10.2 Å². The van der Waals surface area contributed by atoms with Crippen molar-refractivity contribution in [3.05, 3.63) is 0 Å². The predicted octanol–water partition coefficient (Wildman–Crippen LogP) is 1.20. The standard InChI is InChI=1S/C14H26N2O3S/c17-11-12-5-8-15(9-6-12)20(18,19)16-10-7-13-3-1-2-4-14(13)16/h12-14,17H,1-11H2. The topological polar surface area (TPSA) is 60.9 Å². The second-order valence-electron chi connectivity index (χ2n) is 6.54. The number of hydrogen-bond acceptors (Lipinski definition) is 3. The molecule has 0 aromatic rings. The van der Waals surface area contributed by atoms with Crippen molar-refractivity contribution in [1.29, 1.82) is 0 Å². The second kappa shape index (κ2) is 5.91. The minimum Gasteiger partial charge on any atom is -0.396 e. The fourth-order valence-corrected chi connectivity index (χ4v) is 6.04. The lowest BCUT2D eigenvalue weighted by atomic mass is 9.86. The number of rotatable bonds is 3. The lowest BCUT2D eigenvalue weighted by Gasteiger charge is -2.37. The van der Waals surface area contributed by atoms with Gasteiger partial charge >= 0.3 is 0 Å². The zero-order valence-electron chi connectivity index (χ0n) is 12.1. The van der Waals surface area contributed by atoms with Crippen LogP contribution in [0.4, 0.5) is 0 Å². The van der Waals surface area contributed by atoms with Crippen LogP contribution in [-0.2, 0) is 10.2 Å². The van der Waals surface area contributed by atoms with Gasteiger partial charge in [-0.3, -0.25) is 0 Å². The molecule has 0 spiro atoms. The van der Waals surface area contributed by atoms with Gasteiger partial charge in [-0.2, -0.15) is 17.0 Å². The lowest BCUT2D eigenvalue weighted by Crippen LogP contribution is -2.50. The second-order valence-corrected chi connectivity index (χ2v) is 8.43. The van der Waals surface area contributed by atoms with Gasteiger partial charge in [0.05, 0.1) is 0 Å². The maximum Gasteiger partial charge on any atom is 0.282 e. The molecule has 1 saturated carbocycles. The number of aliphatic hydroxyl groups excluding tert-OH is 1. The third-order valence-corrected chi connectivity index (χ3v) is 7.48. The van der Waals surface area contributed by atoms with Crippen LogP contribution in [-0.4, -0.2) is 54.4 Å². The molecule has 0 aromatic carbocycles. The molecule has 3 aliphatic rings.